The van der Waals surface area contributed by atoms with E-state index in [9.17, 15) is 22.4 Å². The first-order chi connectivity index (χ1) is 15.8. The molecular formula is C23H27FN4O5S. The van der Waals surface area contributed by atoms with E-state index in [-0.39, 0.29) is 29.9 Å². The van der Waals surface area contributed by atoms with E-state index >= 15 is 0 Å². The summed E-state index contributed by atoms with van der Waals surface area (Å²) >= 11 is 0. The topological polar surface area (TPSA) is 117 Å². The van der Waals surface area contributed by atoms with Crippen molar-refractivity contribution in [1.29, 1.82) is 0 Å². The summed E-state index contributed by atoms with van der Waals surface area (Å²) in [5.74, 6) is -0.428. The van der Waals surface area contributed by atoms with Gasteiger partial charge in [-0.25, -0.2) is 22.4 Å². The van der Waals surface area contributed by atoms with Gasteiger partial charge in [0, 0.05) is 35.3 Å². The van der Waals surface area contributed by atoms with Crippen molar-refractivity contribution in [2.24, 2.45) is 5.10 Å². The minimum atomic E-state index is -3.55. The summed E-state index contributed by atoms with van der Waals surface area (Å²) in [6, 6.07) is 7.44. The highest BCUT2D eigenvalue weighted by Crippen LogP contribution is 2.43. The Kier molecular flexibility index (Phi) is 6.97. The Bertz CT molecular complexity index is 1270. The van der Waals surface area contributed by atoms with Crippen molar-refractivity contribution >= 4 is 33.9 Å². The molecule has 0 aromatic heterocycles. The second-order valence-corrected chi connectivity index (χ2v) is 10.7. The number of carbonyl (C=O) groups is 2. The van der Waals surface area contributed by atoms with Crippen LogP contribution in [0.2, 0.25) is 0 Å². The number of methoxy groups -OCH3 is 1. The fourth-order valence-electron chi connectivity index (χ4n) is 3.56. The van der Waals surface area contributed by atoms with Crippen molar-refractivity contribution in [3.63, 3.8) is 0 Å². The first-order valence-electron chi connectivity index (χ1n) is 10.4. The number of imide groups is 1. The predicted molar refractivity (Wildman–Crippen MR) is 128 cm³/mol. The van der Waals surface area contributed by atoms with Crippen molar-refractivity contribution < 1.29 is 27.1 Å². The van der Waals surface area contributed by atoms with Crippen molar-refractivity contribution in [3.8, 4) is 16.9 Å². The smallest absolute Gasteiger partial charge is 0.328 e. The quantitative estimate of drug-likeness (QED) is 0.477. The molecule has 1 heterocycles. The summed E-state index contributed by atoms with van der Waals surface area (Å²) in [5, 5.41) is 5.85. The summed E-state index contributed by atoms with van der Waals surface area (Å²) in [7, 11) is -2.03. The van der Waals surface area contributed by atoms with Gasteiger partial charge < -0.3 is 4.74 Å². The zero-order chi connectivity index (χ0) is 25.3. The number of amides is 3. The van der Waals surface area contributed by atoms with Gasteiger partial charge in [0.1, 0.15) is 11.6 Å². The SMILES string of the molecule is COc1c(-c2ccc(/C=N/NS(C)(=O)=O)c(F)c2)cc(N2CCC(=O)NC2=O)cc1C(C)(C)C. The van der Waals surface area contributed by atoms with Gasteiger partial charge in [0.25, 0.3) is 0 Å². The highest BCUT2D eigenvalue weighted by atomic mass is 32.2. The Hall–Kier alpha value is -3.47. The second-order valence-electron chi connectivity index (χ2n) is 8.94. The molecule has 3 rings (SSSR count). The standard InChI is InChI=1S/C23H27FN4O5S/c1-23(2,3)18-12-16(28-9-8-20(29)26-22(28)30)11-17(21(18)33-4)14-6-7-15(19(24)10-14)13-25-27-34(5,31)32/h6-7,10-13,27H,8-9H2,1-5H3,(H,26,29,30)/b25-13+. The number of nitrogens with zero attached hydrogens (tertiary/aromatic N) is 2. The lowest BCUT2D eigenvalue weighted by Crippen LogP contribution is -2.49. The van der Waals surface area contributed by atoms with Crippen LogP contribution in [-0.4, -0.2) is 46.5 Å². The van der Waals surface area contributed by atoms with Crippen LogP contribution in [-0.2, 0) is 20.2 Å². The lowest BCUT2D eigenvalue weighted by atomic mass is 9.83. The minimum absolute atomic E-state index is 0.0833. The Balaban J connectivity index is 2.12. The van der Waals surface area contributed by atoms with Crippen molar-refractivity contribution in [1.82, 2.24) is 10.1 Å². The number of nitrogens with one attached hydrogen (secondary N) is 2. The van der Waals surface area contributed by atoms with Gasteiger partial charge in [-0.05, 0) is 35.2 Å². The molecule has 0 saturated carbocycles. The van der Waals surface area contributed by atoms with Crippen molar-refractivity contribution in [2.75, 3.05) is 24.8 Å². The number of benzene rings is 2. The number of sulfonamides is 1. The van der Waals surface area contributed by atoms with Gasteiger partial charge in [0.15, 0.2) is 0 Å². The molecule has 0 spiro atoms. The van der Waals surface area contributed by atoms with E-state index in [1.807, 2.05) is 31.7 Å². The largest absolute Gasteiger partial charge is 0.496 e. The zero-order valence-corrected chi connectivity index (χ0v) is 20.4. The van der Waals surface area contributed by atoms with Crippen LogP contribution in [0.25, 0.3) is 11.1 Å². The van der Waals surface area contributed by atoms with Crippen LogP contribution in [0.15, 0.2) is 35.4 Å². The van der Waals surface area contributed by atoms with Crippen LogP contribution in [0.4, 0.5) is 14.9 Å². The van der Waals surface area contributed by atoms with Gasteiger partial charge in [0.2, 0.25) is 15.9 Å². The molecule has 0 aliphatic carbocycles. The van der Waals surface area contributed by atoms with E-state index in [0.29, 0.717) is 22.6 Å². The average Bonchev–Trinajstić information content (AvgIpc) is 2.72. The highest BCUT2D eigenvalue weighted by molar-refractivity contribution is 7.88. The van der Waals surface area contributed by atoms with Crippen LogP contribution in [0.1, 0.15) is 38.3 Å². The number of hydrogen-bond acceptors (Lipinski definition) is 6. The normalized spacial score (nSPS) is 14.9. The van der Waals surface area contributed by atoms with Crippen LogP contribution in [0.3, 0.4) is 0 Å². The maximum Gasteiger partial charge on any atom is 0.328 e. The molecule has 1 aliphatic heterocycles. The summed E-state index contributed by atoms with van der Waals surface area (Å²) in [4.78, 5) is 27.5. The number of hydrazone groups is 1. The molecule has 1 aliphatic rings. The van der Waals surface area contributed by atoms with Gasteiger partial charge in [-0.15, -0.1) is 0 Å². The third kappa shape index (κ3) is 5.71. The summed E-state index contributed by atoms with van der Waals surface area (Å²) in [5.41, 5.74) is 2.11. The fraction of sp³-hybridized carbons (Fsp3) is 0.348. The molecule has 0 atom stereocenters. The monoisotopic (exact) mass is 490 g/mol. The molecule has 1 fully saturated rings. The number of carbonyl (C=O) groups excluding carboxylic acids is 2. The first kappa shape index (κ1) is 25.2. The number of halogens is 1. The Morgan fingerprint density at radius 2 is 1.91 bits per heavy atom. The van der Waals surface area contributed by atoms with Crippen LogP contribution < -0.4 is 19.8 Å². The van der Waals surface area contributed by atoms with Gasteiger partial charge in [-0.2, -0.15) is 5.10 Å². The van der Waals surface area contributed by atoms with Gasteiger partial charge in [-0.1, -0.05) is 26.8 Å². The van der Waals surface area contributed by atoms with E-state index in [4.69, 9.17) is 4.74 Å². The molecule has 11 heteroatoms. The lowest BCUT2D eigenvalue weighted by molar-refractivity contribution is -0.120. The third-order valence-electron chi connectivity index (χ3n) is 5.19. The maximum absolute atomic E-state index is 14.9. The molecule has 2 aromatic carbocycles. The Morgan fingerprint density at radius 3 is 2.47 bits per heavy atom. The highest BCUT2D eigenvalue weighted by Gasteiger charge is 2.29. The third-order valence-corrected chi connectivity index (χ3v) is 5.62. The van der Waals surface area contributed by atoms with Crippen molar-refractivity contribution in [2.45, 2.75) is 32.6 Å². The van der Waals surface area contributed by atoms with Crippen molar-refractivity contribution in [3.05, 3.63) is 47.3 Å². The molecule has 1 saturated heterocycles. The summed E-state index contributed by atoms with van der Waals surface area (Å²) in [6.07, 6.45) is 2.18. The van der Waals surface area contributed by atoms with E-state index in [1.165, 1.54) is 24.1 Å². The number of anilines is 1. The number of urea groups is 1. The minimum Gasteiger partial charge on any atom is -0.496 e. The molecule has 0 bridgehead atoms. The van der Waals surface area contributed by atoms with Gasteiger partial charge in [-0.3, -0.25) is 15.0 Å². The van der Waals surface area contributed by atoms with Crippen LogP contribution in [0.5, 0.6) is 5.75 Å². The molecule has 182 valence electrons. The molecule has 2 N–H and O–H groups in total. The van der Waals surface area contributed by atoms with E-state index in [2.05, 4.69) is 10.4 Å². The van der Waals surface area contributed by atoms with E-state index in [1.54, 1.807) is 12.1 Å². The number of rotatable bonds is 6. The Morgan fingerprint density at radius 1 is 1.21 bits per heavy atom. The average molecular weight is 491 g/mol. The lowest BCUT2D eigenvalue weighted by Gasteiger charge is -2.31. The van der Waals surface area contributed by atoms with E-state index in [0.717, 1.165) is 18.0 Å². The second kappa shape index (κ2) is 9.41. The van der Waals surface area contributed by atoms with Crippen LogP contribution in [0, 0.1) is 5.82 Å². The van der Waals surface area contributed by atoms with Gasteiger partial charge in [0.05, 0.1) is 19.6 Å². The fourth-order valence-corrected chi connectivity index (χ4v) is 3.81. The maximum atomic E-state index is 14.9. The van der Waals surface area contributed by atoms with Gasteiger partial charge >= 0.3 is 6.03 Å². The molecular weight excluding hydrogens is 463 g/mol. The number of ether oxygens (including phenoxy) is 1. The molecule has 2 aromatic rings. The summed E-state index contributed by atoms with van der Waals surface area (Å²) < 4.78 is 42.9. The van der Waals surface area contributed by atoms with E-state index < -0.39 is 21.9 Å². The summed E-state index contributed by atoms with van der Waals surface area (Å²) in [6.45, 7) is 6.20. The molecule has 3 amide bonds. The molecule has 34 heavy (non-hydrogen) atoms. The molecule has 0 unspecified atom stereocenters. The Labute approximate surface area is 198 Å². The zero-order valence-electron chi connectivity index (χ0n) is 19.6. The molecule has 0 radical (unpaired) electrons. The van der Waals surface area contributed by atoms with Crippen LogP contribution >= 0.6 is 0 Å². The number of hydrogen-bond donors (Lipinski definition) is 2. The first-order valence-corrected chi connectivity index (χ1v) is 12.3. The molecule has 9 nitrogen and oxygen atoms in total. The predicted octanol–water partition coefficient (Wildman–Crippen LogP) is 3.13.